The van der Waals surface area contributed by atoms with E-state index in [4.69, 9.17) is 0 Å². The number of Topliss-reactive ketones (excluding diaryl/α,β-unsaturated/α-hetero) is 1. The second-order valence-electron chi connectivity index (χ2n) is 14.7. The maximum Gasteiger partial charge on any atom is 0.190 e. The molecule has 4 aliphatic rings. The number of nitrogens with one attached hydrogen (secondary N) is 1. The van der Waals surface area contributed by atoms with Gasteiger partial charge in [0.05, 0.1) is 12.2 Å². The maximum absolute atomic E-state index is 16.9. The number of rotatable bonds is 5. The molecule has 0 aromatic heterocycles. The van der Waals surface area contributed by atoms with E-state index < -0.39 is 58.5 Å². The SMILES string of the molecule is CC(C)(C)NCC(O)c1cc(O)cc(O)c1.C[C@@H]1C[C@H]2[C@@H]3CCC4=CC(=O)C=C[C@]4(C)[C@@]3(F)[C@@H](O)C[C@]2(C)[C@@]1(O)C(=O)CO. The van der Waals surface area contributed by atoms with Crippen LogP contribution in [0.5, 0.6) is 11.5 Å². The molecular formula is C34H48FNO8. The smallest absolute Gasteiger partial charge is 0.190 e. The highest BCUT2D eigenvalue weighted by atomic mass is 19.1. The van der Waals surface area contributed by atoms with Crippen molar-refractivity contribution >= 4 is 11.6 Å². The molecule has 1 unspecified atom stereocenters. The highest BCUT2D eigenvalue weighted by Gasteiger charge is 2.75. The zero-order chi connectivity index (χ0) is 33.0. The van der Waals surface area contributed by atoms with Crippen LogP contribution in [-0.2, 0) is 9.59 Å². The molecule has 0 saturated heterocycles. The van der Waals surface area contributed by atoms with Gasteiger partial charge in [0.2, 0.25) is 0 Å². The summed E-state index contributed by atoms with van der Waals surface area (Å²) in [6, 6.07) is 4.11. The number of phenolic OH excluding ortho intramolecular Hbond substituents is 2. The Morgan fingerprint density at radius 1 is 1.14 bits per heavy atom. The highest BCUT2D eigenvalue weighted by molar-refractivity contribution is 6.01. The van der Waals surface area contributed by atoms with Crippen LogP contribution in [-0.4, -0.2) is 78.3 Å². The molecule has 0 radical (unpaired) electrons. The number of aromatic hydroxyl groups is 2. The van der Waals surface area contributed by atoms with Crippen molar-refractivity contribution < 1.29 is 44.6 Å². The van der Waals surface area contributed by atoms with Crippen molar-refractivity contribution in [3.8, 4) is 11.5 Å². The van der Waals surface area contributed by atoms with Crippen molar-refractivity contribution in [3.63, 3.8) is 0 Å². The van der Waals surface area contributed by atoms with Gasteiger partial charge in [0.15, 0.2) is 17.2 Å². The number of fused-ring (bicyclic) bond motifs is 5. The van der Waals surface area contributed by atoms with Crippen LogP contribution in [0.1, 0.15) is 78.9 Å². The van der Waals surface area contributed by atoms with Crippen LogP contribution in [0.3, 0.4) is 0 Å². The van der Waals surface area contributed by atoms with Gasteiger partial charge >= 0.3 is 0 Å². The van der Waals surface area contributed by atoms with Gasteiger partial charge in [-0.2, -0.15) is 0 Å². The minimum absolute atomic E-state index is 0.0511. The lowest BCUT2D eigenvalue weighted by Crippen LogP contribution is -2.69. The topological polar surface area (TPSA) is 168 Å². The fourth-order valence-electron chi connectivity index (χ4n) is 8.59. The van der Waals surface area contributed by atoms with Gasteiger partial charge in [-0.05, 0) is 95.1 Å². The predicted molar refractivity (Wildman–Crippen MR) is 162 cm³/mol. The number of β-amino-alcohol motifs (C(OH)–C–C–N with tert-alkyl or cyclic N) is 1. The van der Waals surface area contributed by atoms with Crippen molar-refractivity contribution in [1.29, 1.82) is 0 Å². The molecule has 44 heavy (non-hydrogen) atoms. The van der Waals surface area contributed by atoms with Gasteiger partial charge in [0.25, 0.3) is 0 Å². The summed E-state index contributed by atoms with van der Waals surface area (Å²) < 4.78 is 16.9. The Labute approximate surface area is 258 Å². The molecule has 5 rings (SSSR count). The van der Waals surface area contributed by atoms with Crippen LogP contribution in [0, 0.1) is 28.6 Å². The third-order valence-corrected chi connectivity index (χ3v) is 10.9. The third kappa shape index (κ3) is 5.42. The molecule has 4 aliphatic carbocycles. The lowest BCUT2D eigenvalue weighted by atomic mass is 9.44. The first-order chi connectivity index (χ1) is 20.2. The molecule has 7 N–H and O–H groups in total. The second-order valence-corrected chi connectivity index (χ2v) is 14.7. The number of hydrogen-bond donors (Lipinski definition) is 7. The average molecular weight is 618 g/mol. The Morgan fingerprint density at radius 2 is 1.75 bits per heavy atom. The number of benzene rings is 1. The molecular weight excluding hydrogens is 569 g/mol. The van der Waals surface area contributed by atoms with Crippen molar-refractivity contribution in [2.45, 2.75) is 96.2 Å². The number of aliphatic hydroxyl groups is 4. The lowest BCUT2D eigenvalue weighted by molar-refractivity contribution is -0.219. The highest BCUT2D eigenvalue weighted by Crippen LogP contribution is 2.70. The largest absolute Gasteiger partial charge is 0.508 e. The number of allylic oxidation sites excluding steroid dienone is 4. The number of carbonyl (C=O) groups is 2. The van der Waals surface area contributed by atoms with E-state index in [1.807, 2.05) is 20.8 Å². The monoisotopic (exact) mass is 617 g/mol. The molecule has 9 nitrogen and oxygen atoms in total. The van der Waals surface area contributed by atoms with Gasteiger partial charge in [-0.15, -0.1) is 0 Å². The maximum atomic E-state index is 16.9. The van der Waals surface area contributed by atoms with E-state index in [2.05, 4.69) is 5.32 Å². The van der Waals surface area contributed by atoms with Gasteiger partial charge in [-0.25, -0.2) is 4.39 Å². The molecule has 0 bridgehead atoms. The number of hydrogen-bond acceptors (Lipinski definition) is 9. The first-order valence-electron chi connectivity index (χ1n) is 15.4. The summed E-state index contributed by atoms with van der Waals surface area (Å²) in [5, 5.41) is 63.5. The molecule has 0 spiro atoms. The molecule has 1 aromatic rings. The summed E-state index contributed by atoms with van der Waals surface area (Å²) in [6.45, 7) is 10.8. The van der Waals surface area contributed by atoms with E-state index in [0.717, 1.165) is 0 Å². The van der Waals surface area contributed by atoms with Crippen molar-refractivity contribution in [3.05, 3.63) is 47.6 Å². The Morgan fingerprint density at radius 3 is 2.32 bits per heavy atom. The summed E-state index contributed by atoms with van der Waals surface area (Å²) in [7, 11) is 0. The summed E-state index contributed by atoms with van der Waals surface area (Å²) in [6.07, 6.45) is 3.69. The molecule has 10 heteroatoms. The van der Waals surface area contributed by atoms with E-state index in [1.165, 1.54) is 30.4 Å². The normalized spacial score (nSPS) is 38.4. The van der Waals surface area contributed by atoms with E-state index in [-0.39, 0.29) is 35.2 Å². The van der Waals surface area contributed by atoms with E-state index in [9.17, 15) is 40.2 Å². The van der Waals surface area contributed by atoms with Crippen LogP contribution in [0.25, 0.3) is 0 Å². The Bertz CT molecular complexity index is 1330. The van der Waals surface area contributed by atoms with Gasteiger partial charge in [-0.3, -0.25) is 9.59 Å². The van der Waals surface area contributed by atoms with Crippen molar-refractivity contribution in [1.82, 2.24) is 5.32 Å². The molecule has 0 aliphatic heterocycles. The van der Waals surface area contributed by atoms with Crippen LogP contribution >= 0.6 is 0 Å². The van der Waals surface area contributed by atoms with Gasteiger partial charge in [-0.1, -0.05) is 25.5 Å². The molecule has 244 valence electrons. The number of alkyl halides is 1. The minimum Gasteiger partial charge on any atom is -0.508 e. The van der Waals surface area contributed by atoms with Crippen LogP contribution < -0.4 is 5.32 Å². The number of aliphatic hydroxyl groups excluding tert-OH is 3. The predicted octanol–water partition coefficient (Wildman–Crippen LogP) is 3.42. The molecule has 3 saturated carbocycles. The Kier molecular flexibility index (Phi) is 9.05. The molecule has 3 fully saturated rings. The summed E-state index contributed by atoms with van der Waals surface area (Å²) in [5.74, 6) is -2.22. The zero-order valence-corrected chi connectivity index (χ0v) is 26.5. The second kappa shape index (κ2) is 11.6. The van der Waals surface area contributed by atoms with Crippen molar-refractivity contribution in [2.24, 2.45) is 28.6 Å². The average Bonchev–Trinajstić information content (AvgIpc) is 3.13. The zero-order valence-electron chi connectivity index (χ0n) is 26.5. The van der Waals surface area contributed by atoms with Gasteiger partial charge < -0.3 is 36.0 Å². The fraction of sp³-hybridized carbons (Fsp3) is 0.647. The number of carbonyl (C=O) groups excluding carboxylic acids is 2. The Hall–Kier alpha value is -2.63. The quantitative estimate of drug-likeness (QED) is 0.262. The number of phenols is 2. The molecule has 9 atom stereocenters. The van der Waals surface area contributed by atoms with Crippen LogP contribution in [0.4, 0.5) is 4.39 Å². The number of ketones is 2. The van der Waals surface area contributed by atoms with E-state index >= 15 is 4.39 Å². The molecule has 0 amide bonds. The van der Waals surface area contributed by atoms with E-state index in [1.54, 1.807) is 26.8 Å². The Balaban J connectivity index is 0.000000236. The lowest BCUT2D eigenvalue weighted by Gasteiger charge is -2.62. The summed E-state index contributed by atoms with van der Waals surface area (Å²) in [4.78, 5) is 24.4. The minimum atomic E-state index is -1.98. The first kappa shape index (κ1) is 34.2. The molecule has 0 heterocycles. The van der Waals surface area contributed by atoms with E-state index in [0.29, 0.717) is 36.9 Å². The van der Waals surface area contributed by atoms with Crippen LogP contribution in [0.15, 0.2) is 42.0 Å². The van der Waals surface area contributed by atoms with Gasteiger partial charge in [0.1, 0.15) is 23.7 Å². The third-order valence-electron chi connectivity index (χ3n) is 10.9. The van der Waals surface area contributed by atoms with Crippen molar-refractivity contribution in [2.75, 3.05) is 13.2 Å². The summed E-state index contributed by atoms with van der Waals surface area (Å²) in [5.41, 5.74) is -4.76. The standard InChI is InChI=1S/C22H29FO5.C12H19NO3/c1-12-8-16-15-5-4-13-9-14(25)6-7-19(13,2)21(15,23)17(26)10-20(16,3)22(12,28)18(27)11-24;1-12(2,3)13-7-11(16)8-4-9(14)6-10(15)5-8/h6-7,9,12,15-17,24,26,28H,4-5,8,10-11H2,1-3H3;4-6,11,13-16H,7H2,1-3H3/t12-,15+,16+,17+,19+,20+,21+,22+;/m1./s1. The number of halogens is 1. The van der Waals surface area contributed by atoms with Crippen LogP contribution in [0.2, 0.25) is 0 Å². The summed E-state index contributed by atoms with van der Waals surface area (Å²) >= 11 is 0. The molecule has 1 aromatic carbocycles. The van der Waals surface area contributed by atoms with Gasteiger partial charge in [0, 0.05) is 34.9 Å². The fourth-order valence-corrected chi connectivity index (χ4v) is 8.59. The first-order valence-corrected chi connectivity index (χ1v) is 15.4.